The minimum atomic E-state index is -1.22. The first-order valence-corrected chi connectivity index (χ1v) is 5.33. The summed E-state index contributed by atoms with van der Waals surface area (Å²) < 4.78 is 13.4. The van der Waals surface area contributed by atoms with Gasteiger partial charge in [-0.1, -0.05) is 0 Å². The van der Waals surface area contributed by atoms with Gasteiger partial charge >= 0.3 is 5.97 Å². The molecule has 0 aromatic carbocycles. The van der Waals surface area contributed by atoms with Crippen molar-refractivity contribution in [1.82, 2.24) is 9.88 Å². The number of hydrogen-bond acceptors (Lipinski definition) is 4. The van der Waals surface area contributed by atoms with Gasteiger partial charge in [0.1, 0.15) is 6.04 Å². The van der Waals surface area contributed by atoms with Crippen LogP contribution in [0.5, 0.6) is 0 Å². The third-order valence-corrected chi connectivity index (χ3v) is 2.81. The SMILES string of the molecule is O=C(O)C1CC(O)CN1C(=O)c1cccnc1F. The van der Waals surface area contributed by atoms with Crippen molar-refractivity contribution in [2.45, 2.75) is 18.6 Å². The molecule has 0 bridgehead atoms. The minimum Gasteiger partial charge on any atom is -0.480 e. The van der Waals surface area contributed by atoms with Crippen LogP contribution >= 0.6 is 0 Å². The second-order valence-electron chi connectivity index (χ2n) is 4.04. The number of amides is 1. The monoisotopic (exact) mass is 254 g/mol. The molecule has 2 N–H and O–H groups in total. The van der Waals surface area contributed by atoms with Crippen LogP contribution in [0.4, 0.5) is 4.39 Å². The minimum absolute atomic E-state index is 0.0526. The first-order chi connectivity index (χ1) is 8.50. The van der Waals surface area contributed by atoms with Gasteiger partial charge in [-0.25, -0.2) is 9.78 Å². The maximum atomic E-state index is 13.4. The number of halogens is 1. The van der Waals surface area contributed by atoms with Crippen LogP contribution in [-0.4, -0.2) is 50.7 Å². The predicted molar refractivity (Wildman–Crippen MR) is 57.3 cm³/mol. The van der Waals surface area contributed by atoms with Crippen molar-refractivity contribution in [3.63, 3.8) is 0 Å². The highest BCUT2D eigenvalue weighted by Crippen LogP contribution is 2.21. The summed E-state index contributed by atoms with van der Waals surface area (Å²) in [5.74, 6) is -2.94. The zero-order chi connectivity index (χ0) is 13.3. The number of carboxylic acid groups (broad SMARTS) is 1. The number of aliphatic carboxylic acids is 1. The molecule has 96 valence electrons. The fourth-order valence-electron chi connectivity index (χ4n) is 1.97. The van der Waals surface area contributed by atoms with Crippen molar-refractivity contribution in [3.8, 4) is 0 Å². The van der Waals surface area contributed by atoms with E-state index in [2.05, 4.69) is 4.98 Å². The molecule has 1 aromatic rings. The highest BCUT2D eigenvalue weighted by molar-refractivity contribution is 5.97. The Morgan fingerprint density at radius 3 is 2.83 bits per heavy atom. The molecule has 0 aliphatic carbocycles. The van der Waals surface area contributed by atoms with Crippen molar-refractivity contribution in [2.24, 2.45) is 0 Å². The Bertz CT molecular complexity index is 494. The van der Waals surface area contributed by atoms with E-state index in [-0.39, 0.29) is 18.5 Å². The average Bonchev–Trinajstić information content (AvgIpc) is 2.71. The number of β-amino-alcohol motifs (C(OH)–C–C–N with tert-alkyl or cyclic N) is 1. The summed E-state index contributed by atoms with van der Waals surface area (Å²) in [5, 5.41) is 18.4. The van der Waals surface area contributed by atoms with E-state index in [0.29, 0.717) is 0 Å². The molecule has 0 spiro atoms. The van der Waals surface area contributed by atoms with Crippen molar-refractivity contribution in [1.29, 1.82) is 0 Å². The van der Waals surface area contributed by atoms with Gasteiger partial charge in [0.05, 0.1) is 11.7 Å². The van der Waals surface area contributed by atoms with E-state index in [0.717, 1.165) is 4.90 Å². The van der Waals surface area contributed by atoms with Gasteiger partial charge in [-0.15, -0.1) is 0 Å². The lowest BCUT2D eigenvalue weighted by Crippen LogP contribution is -2.41. The zero-order valence-electron chi connectivity index (χ0n) is 9.28. The second kappa shape index (κ2) is 4.69. The lowest BCUT2D eigenvalue weighted by atomic mass is 10.2. The number of aromatic nitrogens is 1. The lowest BCUT2D eigenvalue weighted by molar-refractivity contribution is -0.141. The maximum Gasteiger partial charge on any atom is 0.326 e. The third-order valence-electron chi connectivity index (χ3n) is 2.81. The average molecular weight is 254 g/mol. The van der Waals surface area contributed by atoms with Crippen molar-refractivity contribution in [2.75, 3.05) is 6.54 Å². The first-order valence-electron chi connectivity index (χ1n) is 5.33. The molecular formula is C11H11FN2O4. The molecular weight excluding hydrogens is 243 g/mol. The van der Waals surface area contributed by atoms with Crippen LogP contribution in [0.1, 0.15) is 16.8 Å². The number of carbonyl (C=O) groups is 2. The molecule has 1 saturated heterocycles. The van der Waals surface area contributed by atoms with E-state index < -0.39 is 30.0 Å². The van der Waals surface area contributed by atoms with Crippen LogP contribution in [0.2, 0.25) is 0 Å². The number of pyridine rings is 1. The van der Waals surface area contributed by atoms with Gasteiger partial charge in [-0.05, 0) is 12.1 Å². The van der Waals surface area contributed by atoms with E-state index in [1.54, 1.807) is 0 Å². The van der Waals surface area contributed by atoms with Gasteiger partial charge in [-0.2, -0.15) is 4.39 Å². The summed E-state index contributed by atoms with van der Waals surface area (Å²) in [6, 6.07) is 1.49. The van der Waals surface area contributed by atoms with Gasteiger partial charge in [-0.3, -0.25) is 4.79 Å². The van der Waals surface area contributed by atoms with E-state index in [9.17, 15) is 19.1 Å². The van der Waals surface area contributed by atoms with Gasteiger partial charge in [0.25, 0.3) is 5.91 Å². The molecule has 7 heteroatoms. The Balaban J connectivity index is 2.28. The van der Waals surface area contributed by atoms with Gasteiger partial charge in [0.15, 0.2) is 0 Å². The van der Waals surface area contributed by atoms with E-state index in [1.807, 2.05) is 0 Å². The van der Waals surface area contributed by atoms with Crippen LogP contribution in [0.15, 0.2) is 18.3 Å². The quantitative estimate of drug-likeness (QED) is 0.718. The summed E-state index contributed by atoms with van der Waals surface area (Å²) in [4.78, 5) is 27.3. The number of aliphatic hydroxyl groups is 1. The largest absolute Gasteiger partial charge is 0.480 e. The lowest BCUT2D eigenvalue weighted by Gasteiger charge is -2.21. The Morgan fingerprint density at radius 1 is 1.50 bits per heavy atom. The maximum absolute atomic E-state index is 13.4. The van der Waals surface area contributed by atoms with E-state index >= 15 is 0 Å². The highest BCUT2D eigenvalue weighted by Gasteiger charge is 2.39. The Morgan fingerprint density at radius 2 is 2.22 bits per heavy atom. The highest BCUT2D eigenvalue weighted by atomic mass is 19.1. The Hall–Kier alpha value is -2.02. The molecule has 1 aliphatic heterocycles. The Labute approximate surface area is 102 Å². The summed E-state index contributed by atoms with van der Waals surface area (Å²) >= 11 is 0. The number of aliphatic hydroxyl groups excluding tert-OH is 1. The molecule has 1 aliphatic rings. The number of hydrogen-bond donors (Lipinski definition) is 2. The number of nitrogens with zero attached hydrogens (tertiary/aromatic N) is 2. The second-order valence-corrected chi connectivity index (χ2v) is 4.04. The van der Waals surface area contributed by atoms with Gasteiger partial charge < -0.3 is 15.1 Å². The Kier molecular flexibility index (Phi) is 3.24. The third kappa shape index (κ3) is 2.17. The van der Waals surface area contributed by atoms with Crippen LogP contribution in [0.3, 0.4) is 0 Å². The molecule has 0 radical (unpaired) electrons. The summed E-state index contributed by atoms with van der Waals surface area (Å²) in [7, 11) is 0. The molecule has 18 heavy (non-hydrogen) atoms. The summed E-state index contributed by atoms with van der Waals surface area (Å²) in [6.45, 7) is -0.121. The fourth-order valence-corrected chi connectivity index (χ4v) is 1.97. The van der Waals surface area contributed by atoms with E-state index in [4.69, 9.17) is 5.11 Å². The predicted octanol–water partition coefficient (Wildman–Crippen LogP) is -0.119. The smallest absolute Gasteiger partial charge is 0.326 e. The molecule has 2 unspecified atom stereocenters. The van der Waals surface area contributed by atoms with Crippen molar-refractivity contribution < 1.29 is 24.2 Å². The van der Waals surface area contributed by atoms with E-state index in [1.165, 1.54) is 18.3 Å². The number of likely N-dealkylation sites (tertiary alicyclic amines) is 1. The van der Waals surface area contributed by atoms with Crippen LogP contribution in [-0.2, 0) is 4.79 Å². The van der Waals surface area contributed by atoms with Crippen LogP contribution < -0.4 is 0 Å². The molecule has 1 amide bonds. The fraction of sp³-hybridized carbons (Fsp3) is 0.364. The van der Waals surface area contributed by atoms with Gasteiger partial charge in [0.2, 0.25) is 5.95 Å². The molecule has 2 atom stereocenters. The number of carboxylic acids is 1. The van der Waals surface area contributed by atoms with Crippen LogP contribution in [0.25, 0.3) is 0 Å². The van der Waals surface area contributed by atoms with Crippen molar-refractivity contribution in [3.05, 3.63) is 29.8 Å². The molecule has 2 heterocycles. The number of carbonyl (C=O) groups excluding carboxylic acids is 1. The standard InChI is InChI=1S/C11H11FN2O4/c12-9-7(2-1-3-13-9)10(16)14-5-6(15)4-8(14)11(17)18/h1-3,6,8,15H,4-5H2,(H,17,18). The topological polar surface area (TPSA) is 90.7 Å². The van der Waals surface area contributed by atoms with Gasteiger partial charge in [0, 0.05) is 19.2 Å². The molecule has 1 fully saturated rings. The first kappa shape index (κ1) is 12.4. The zero-order valence-corrected chi connectivity index (χ0v) is 9.28. The molecule has 2 rings (SSSR count). The molecule has 1 aromatic heterocycles. The molecule has 6 nitrogen and oxygen atoms in total. The van der Waals surface area contributed by atoms with Crippen LogP contribution in [0, 0.1) is 5.95 Å². The molecule has 0 saturated carbocycles. The summed E-state index contributed by atoms with van der Waals surface area (Å²) in [6.07, 6.45) is 0.234. The van der Waals surface area contributed by atoms with Crippen molar-refractivity contribution >= 4 is 11.9 Å². The normalized spacial score (nSPS) is 23.1. The summed E-state index contributed by atoms with van der Waals surface area (Å²) in [5.41, 5.74) is -0.294. The number of rotatable bonds is 2.